The van der Waals surface area contributed by atoms with Crippen LogP contribution >= 0.6 is 11.3 Å². The summed E-state index contributed by atoms with van der Waals surface area (Å²) in [4.78, 5) is 14.7. The molecule has 0 aliphatic heterocycles. The number of anilines is 1. The predicted octanol–water partition coefficient (Wildman–Crippen LogP) is 2.68. The second-order valence-electron chi connectivity index (χ2n) is 4.32. The number of thiophene rings is 1. The maximum absolute atomic E-state index is 12.5. The van der Waals surface area contributed by atoms with Gasteiger partial charge in [0, 0.05) is 18.3 Å². The Morgan fingerprint density at radius 1 is 1.30 bits per heavy atom. The topological polar surface area (TPSA) is 40.5 Å². The molecule has 0 atom stereocenters. The van der Waals surface area contributed by atoms with Crippen LogP contribution in [0.15, 0.2) is 35.7 Å². The molecule has 3 nitrogen and oxygen atoms in total. The first-order chi connectivity index (χ1) is 9.63. The van der Waals surface area contributed by atoms with Crippen LogP contribution in [0, 0.1) is 18.8 Å². The lowest BCUT2D eigenvalue weighted by Crippen LogP contribution is -2.25. The Balaban J connectivity index is 2.27. The van der Waals surface area contributed by atoms with Gasteiger partial charge in [0.1, 0.15) is 11.5 Å². The monoisotopic (exact) mass is 285 g/mol. The van der Waals surface area contributed by atoms with Gasteiger partial charge < -0.3 is 10.0 Å². The molecule has 20 heavy (non-hydrogen) atoms. The number of carbonyl (C=O) groups is 1. The van der Waals surface area contributed by atoms with Gasteiger partial charge in [-0.3, -0.25) is 4.79 Å². The van der Waals surface area contributed by atoms with Gasteiger partial charge in [0.15, 0.2) is 0 Å². The van der Waals surface area contributed by atoms with Crippen LogP contribution in [0.2, 0.25) is 0 Å². The summed E-state index contributed by atoms with van der Waals surface area (Å²) in [5.41, 5.74) is 2.66. The van der Waals surface area contributed by atoms with Crippen LogP contribution < -0.4 is 4.90 Å². The van der Waals surface area contributed by atoms with Crippen LogP contribution in [-0.4, -0.2) is 24.7 Å². The van der Waals surface area contributed by atoms with Gasteiger partial charge in [0.2, 0.25) is 0 Å². The third-order valence-electron chi connectivity index (χ3n) is 2.89. The zero-order valence-electron chi connectivity index (χ0n) is 11.4. The maximum Gasteiger partial charge on any atom is 0.269 e. The van der Waals surface area contributed by atoms with E-state index < -0.39 is 0 Å². The Hall–Kier alpha value is -2.09. The van der Waals surface area contributed by atoms with Crippen molar-refractivity contribution in [1.82, 2.24) is 0 Å². The van der Waals surface area contributed by atoms with E-state index in [9.17, 15) is 4.79 Å². The standard InChI is InChI=1S/C16H15NO2S/c1-12-5-7-14(8-6-12)17(2)16(19)15-13(4-3-10-18)9-11-20-15/h5-9,11,18H,10H2,1-2H3. The molecule has 0 aliphatic rings. The number of hydrogen-bond donors (Lipinski definition) is 1. The van der Waals surface area contributed by atoms with Crippen LogP contribution in [0.25, 0.3) is 0 Å². The van der Waals surface area contributed by atoms with E-state index in [1.165, 1.54) is 11.3 Å². The molecule has 0 spiro atoms. The van der Waals surface area contributed by atoms with Gasteiger partial charge >= 0.3 is 0 Å². The molecular formula is C16H15NO2S. The molecule has 0 bridgehead atoms. The van der Waals surface area contributed by atoms with Crippen molar-refractivity contribution in [3.05, 3.63) is 51.7 Å². The van der Waals surface area contributed by atoms with E-state index in [4.69, 9.17) is 5.11 Å². The Morgan fingerprint density at radius 2 is 2.00 bits per heavy atom. The van der Waals surface area contributed by atoms with E-state index in [0.29, 0.717) is 10.4 Å². The number of aliphatic hydroxyl groups is 1. The fourth-order valence-corrected chi connectivity index (χ4v) is 2.57. The van der Waals surface area contributed by atoms with E-state index in [-0.39, 0.29) is 12.5 Å². The first-order valence-electron chi connectivity index (χ1n) is 6.15. The Labute approximate surface area is 122 Å². The average Bonchev–Trinajstić information content (AvgIpc) is 2.92. The molecule has 0 unspecified atom stereocenters. The van der Waals surface area contributed by atoms with Crippen molar-refractivity contribution in [3.63, 3.8) is 0 Å². The third-order valence-corrected chi connectivity index (χ3v) is 3.79. The molecular weight excluding hydrogens is 270 g/mol. The van der Waals surface area contributed by atoms with Crippen molar-refractivity contribution in [2.75, 3.05) is 18.6 Å². The second kappa shape index (κ2) is 6.38. The van der Waals surface area contributed by atoms with Gasteiger partial charge in [-0.15, -0.1) is 11.3 Å². The first-order valence-corrected chi connectivity index (χ1v) is 7.03. The molecule has 0 radical (unpaired) electrons. The van der Waals surface area contributed by atoms with Crippen molar-refractivity contribution < 1.29 is 9.90 Å². The molecule has 0 fully saturated rings. The van der Waals surface area contributed by atoms with Gasteiger partial charge in [-0.25, -0.2) is 0 Å². The molecule has 1 aromatic carbocycles. The molecule has 1 N–H and O–H groups in total. The van der Waals surface area contributed by atoms with Crippen LogP contribution in [0.5, 0.6) is 0 Å². The molecule has 102 valence electrons. The van der Waals surface area contributed by atoms with Gasteiger partial charge in [0.05, 0.1) is 0 Å². The highest BCUT2D eigenvalue weighted by atomic mass is 32.1. The van der Waals surface area contributed by atoms with Gasteiger partial charge in [-0.05, 0) is 30.5 Å². The SMILES string of the molecule is Cc1ccc(N(C)C(=O)c2sccc2C#CCO)cc1. The number of rotatable bonds is 2. The van der Waals surface area contributed by atoms with Gasteiger partial charge in [0.25, 0.3) is 5.91 Å². The van der Waals surface area contributed by atoms with Gasteiger partial charge in [-0.2, -0.15) is 0 Å². The van der Waals surface area contributed by atoms with E-state index in [1.54, 1.807) is 18.0 Å². The Morgan fingerprint density at radius 3 is 2.65 bits per heavy atom. The summed E-state index contributed by atoms with van der Waals surface area (Å²) in [7, 11) is 1.75. The largest absolute Gasteiger partial charge is 0.384 e. The van der Waals surface area contributed by atoms with E-state index in [2.05, 4.69) is 11.8 Å². The van der Waals surface area contributed by atoms with Crippen molar-refractivity contribution in [1.29, 1.82) is 0 Å². The van der Waals surface area contributed by atoms with Crippen molar-refractivity contribution in [3.8, 4) is 11.8 Å². The molecule has 1 aromatic heterocycles. The molecule has 0 saturated carbocycles. The Kier molecular flexibility index (Phi) is 4.57. The lowest BCUT2D eigenvalue weighted by atomic mass is 10.2. The zero-order valence-corrected chi connectivity index (χ0v) is 12.2. The smallest absolute Gasteiger partial charge is 0.269 e. The molecule has 2 aromatic rings. The number of amides is 1. The highest BCUT2D eigenvalue weighted by Crippen LogP contribution is 2.21. The Bertz CT molecular complexity index is 662. The van der Waals surface area contributed by atoms with Crippen LogP contribution in [0.4, 0.5) is 5.69 Å². The minimum absolute atomic E-state index is 0.0916. The summed E-state index contributed by atoms with van der Waals surface area (Å²) in [6.07, 6.45) is 0. The lowest BCUT2D eigenvalue weighted by molar-refractivity contribution is 0.0996. The number of benzene rings is 1. The maximum atomic E-state index is 12.5. The van der Waals surface area contributed by atoms with Gasteiger partial charge in [-0.1, -0.05) is 29.5 Å². The lowest BCUT2D eigenvalue weighted by Gasteiger charge is -2.17. The summed E-state index contributed by atoms with van der Waals surface area (Å²) in [5.74, 6) is 5.28. The quantitative estimate of drug-likeness (QED) is 0.862. The molecule has 0 aliphatic carbocycles. The molecule has 1 heterocycles. The normalized spacial score (nSPS) is 9.75. The van der Waals surface area contributed by atoms with E-state index >= 15 is 0 Å². The fraction of sp³-hybridized carbons (Fsp3) is 0.188. The number of aliphatic hydroxyl groups excluding tert-OH is 1. The summed E-state index contributed by atoms with van der Waals surface area (Å²) in [6, 6.07) is 9.57. The summed E-state index contributed by atoms with van der Waals surface area (Å²) >= 11 is 1.36. The fourth-order valence-electron chi connectivity index (χ4n) is 1.75. The van der Waals surface area contributed by atoms with Crippen LogP contribution in [0.3, 0.4) is 0 Å². The number of aryl methyl sites for hydroxylation is 1. The van der Waals surface area contributed by atoms with E-state index in [0.717, 1.165) is 11.3 Å². The van der Waals surface area contributed by atoms with Crippen molar-refractivity contribution in [2.24, 2.45) is 0 Å². The van der Waals surface area contributed by atoms with E-state index in [1.807, 2.05) is 36.6 Å². The second-order valence-corrected chi connectivity index (χ2v) is 5.24. The highest BCUT2D eigenvalue weighted by molar-refractivity contribution is 7.12. The average molecular weight is 285 g/mol. The zero-order chi connectivity index (χ0) is 14.5. The third kappa shape index (κ3) is 3.08. The number of carbonyl (C=O) groups excluding carboxylic acids is 1. The minimum Gasteiger partial charge on any atom is -0.384 e. The minimum atomic E-state index is -0.211. The first kappa shape index (κ1) is 14.3. The molecule has 0 saturated heterocycles. The summed E-state index contributed by atoms with van der Waals surface area (Å²) in [6.45, 7) is 1.80. The highest BCUT2D eigenvalue weighted by Gasteiger charge is 2.17. The summed E-state index contributed by atoms with van der Waals surface area (Å²) < 4.78 is 0. The predicted molar refractivity (Wildman–Crippen MR) is 82.2 cm³/mol. The van der Waals surface area contributed by atoms with Crippen LogP contribution in [0.1, 0.15) is 20.8 Å². The van der Waals surface area contributed by atoms with Crippen LogP contribution in [-0.2, 0) is 0 Å². The number of hydrogen-bond acceptors (Lipinski definition) is 3. The van der Waals surface area contributed by atoms with Crippen molar-refractivity contribution >= 4 is 22.9 Å². The summed E-state index contributed by atoms with van der Waals surface area (Å²) in [5, 5.41) is 10.6. The molecule has 1 amide bonds. The molecule has 2 rings (SSSR count). The molecule has 4 heteroatoms. The number of nitrogens with zero attached hydrogens (tertiary/aromatic N) is 1. The van der Waals surface area contributed by atoms with Crippen molar-refractivity contribution in [2.45, 2.75) is 6.92 Å².